The zero-order chi connectivity index (χ0) is 16.1. The Hall–Kier alpha value is -2.12. The Morgan fingerprint density at radius 3 is 2.86 bits per heavy atom. The van der Waals surface area contributed by atoms with Crippen LogP contribution in [0.3, 0.4) is 0 Å². The third-order valence-electron chi connectivity index (χ3n) is 3.73. The summed E-state index contributed by atoms with van der Waals surface area (Å²) in [6.07, 6.45) is 1.78. The third-order valence-corrected chi connectivity index (χ3v) is 3.73. The van der Waals surface area contributed by atoms with Crippen molar-refractivity contribution in [1.29, 1.82) is 0 Å². The number of hydrogen-bond acceptors (Lipinski definition) is 5. The van der Waals surface area contributed by atoms with Gasteiger partial charge in [0.1, 0.15) is 0 Å². The topological polar surface area (TPSA) is 109 Å². The Labute approximate surface area is 128 Å². The number of rotatable bonds is 5. The van der Waals surface area contributed by atoms with Gasteiger partial charge < -0.3 is 19.8 Å². The van der Waals surface area contributed by atoms with Crippen molar-refractivity contribution in [3.63, 3.8) is 0 Å². The van der Waals surface area contributed by atoms with Crippen molar-refractivity contribution in [3.05, 3.63) is 11.7 Å². The molecule has 1 aromatic rings. The average molecular weight is 310 g/mol. The first-order chi connectivity index (χ1) is 10.5. The van der Waals surface area contributed by atoms with E-state index in [4.69, 9.17) is 9.63 Å². The first-order valence-corrected chi connectivity index (χ1v) is 7.56. The summed E-state index contributed by atoms with van der Waals surface area (Å²) in [6, 6.07) is -0.239. The summed E-state index contributed by atoms with van der Waals surface area (Å²) in [5.41, 5.74) is 0. The van der Waals surface area contributed by atoms with Gasteiger partial charge in [-0.2, -0.15) is 4.98 Å². The van der Waals surface area contributed by atoms with Crippen LogP contribution in [0.25, 0.3) is 0 Å². The number of carbonyl (C=O) groups excluding carboxylic acids is 1. The van der Waals surface area contributed by atoms with Crippen LogP contribution in [0.15, 0.2) is 4.52 Å². The normalized spacial score (nSPS) is 21.6. The van der Waals surface area contributed by atoms with Crippen LogP contribution in [-0.4, -0.2) is 51.8 Å². The Morgan fingerprint density at radius 1 is 1.45 bits per heavy atom. The van der Waals surface area contributed by atoms with E-state index in [2.05, 4.69) is 15.5 Å². The first-order valence-electron chi connectivity index (χ1n) is 7.56. The van der Waals surface area contributed by atoms with Gasteiger partial charge in [-0.1, -0.05) is 19.0 Å². The van der Waals surface area contributed by atoms with Gasteiger partial charge in [-0.15, -0.1) is 0 Å². The predicted molar refractivity (Wildman–Crippen MR) is 77.3 cm³/mol. The fourth-order valence-electron chi connectivity index (χ4n) is 2.62. The summed E-state index contributed by atoms with van der Waals surface area (Å²) in [5, 5.41) is 15.7. The van der Waals surface area contributed by atoms with Crippen LogP contribution in [0.4, 0.5) is 4.79 Å². The summed E-state index contributed by atoms with van der Waals surface area (Å²) < 4.78 is 4.99. The van der Waals surface area contributed by atoms with Gasteiger partial charge in [-0.05, 0) is 12.3 Å². The van der Waals surface area contributed by atoms with E-state index in [9.17, 15) is 9.59 Å². The van der Waals surface area contributed by atoms with Crippen LogP contribution in [0.1, 0.15) is 32.0 Å². The largest absolute Gasteiger partial charge is 0.481 e. The molecule has 0 bridgehead atoms. The van der Waals surface area contributed by atoms with Crippen molar-refractivity contribution < 1.29 is 19.2 Å². The van der Waals surface area contributed by atoms with E-state index in [1.165, 1.54) is 0 Å². The molecule has 0 radical (unpaired) electrons. The van der Waals surface area contributed by atoms with Crippen molar-refractivity contribution in [2.24, 2.45) is 11.8 Å². The Balaban J connectivity index is 1.79. The van der Waals surface area contributed by atoms with Gasteiger partial charge >= 0.3 is 12.0 Å². The minimum Gasteiger partial charge on any atom is -0.481 e. The van der Waals surface area contributed by atoms with Crippen molar-refractivity contribution in [1.82, 2.24) is 20.4 Å². The van der Waals surface area contributed by atoms with E-state index in [-0.39, 0.29) is 18.5 Å². The van der Waals surface area contributed by atoms with Crippen molar-refractivity contribution in [3.8, 4) is 0 Å². The van der Waals surface area contributed by atoms with Crippen molar-refractivity contribution >= 4 is 12.0 Å². The van der Waals surface area contributed by atoms with Crippen LogP contribution in [0, 0.1) is 11.8 Å². The first kappa shape index (κ1) is 16.3. The molecule has 0 aliphatic carbocycles. The van der Waals surface area contributed by atoms with Crippen LogP contribution in [-0.2, 0) is 17.6 Å². The molecule has 2 heterocycles. The molecule has 122 valence electrons. The monoisotopic (exact) mass is 310 g/mol. The molecule has 1 saturated heterocycles. The molecule has 2 rings (SSSR count). The molecule has 1 aliphatic heterocycles. The van der Waals surface area contributed by atoms with Gasteiger partial charge in [0.2, 0.25) is 5.89 Å². The molecule has 2 unspecified atom stereocenters. The minimum atomic E-state index is -0.844. The van der Waals surface area contributed by atoms with Crippen LogP contribution < -0.4 is 5.32 Å². The molecular weight excluding hydrogens is 288 g/mol. The SMILES string of the molecule is CCc1nc(CCNC(=O)N2CC(C)CC(C(=O)O)C2)no1. The van der Waals surface area contributed by atoms with E-state index >= 15 is 0 Å². The highest BCUT2D eigenvalue weighted by atomic mass is 16.5. The third kappa shape index (κ3) is 4.19. The van der Waals surface area contributed by atoms with Crippen molar-refractivity contribution in [2.45, 2.75) is 33.1 Å². The van der Waals surface area contributed by atoms with E-state index in [0.717, 1.165) is 0 Å². The van der Waals surface area contributed by atoms with Crippen molar-refractivity contribution in [2.75, 3.05) is 19.6 Å². The highest BCUT2D eigenvalue weighted by Gasteiger charge is 2.31. The molecule has 0 saturated carbocycles. The quantitative estimate of drug-likeness (QED) is 0.837. The van der Waals surface area contributed by atoms with E-state index in [0.29, 0.717) is 44.1 Å². The van der Waals surface area contributed by atoms with Gasteiger partial charge in [0.25, 0.3) is 0 Å². The number of nitrogens with one attached hydrogen (secondary N) is 1. The summed E-state index contributed by atoms with van der Waals surface area (Å²) in [7, 11) is 0. The lowest BCUT2D eigenvalue weighted by Gasteiger charge is -2.34. The molecule has 2 atom stereocenters. The van der Waals surface area contributed by atoms with Gasteiger partial charge in [-0.25, -0.2) is 4.79 Å². The molecule has 22 heavy (non-hydrogen) atoms. The fraction of sp³-hybridized carbons (Fsp3) is 0.714. The highest BCUT2D eigenvalue weighted by Crippen LogP contribution is 2.21. The predicted octanol–water partition coefficient (Wildman–Crippen LogP) is 0.927. The van der Waals surface area contributed by atoms with E-state index in [1.54, 1.807) is 4.90 Å². The number of carboxylic acid groups (broad SMARTS) is 1. The number of hydrogen-bond donors (Lipinski definition) is 2. The second-order valence-electron chi connectivity index (χ2n) is 5.72. The van der Waals surface area contributed by atoms with Crippen LogP contribution in [0.2, 0.25) is 0 Å². The molecule has 1 aromatic heterocycles. The molecule has 1 aliphatic rings. The summed E-state index contributed by atoms with van der Waals surface area (Å²) >= 11 is 0. The molecule has 0 spiro atoms. The summed E-state index contributed by atoms with van der Waals surface area (Å²) in [6.45, 7) is 5.12. The van der Waals surface area contributed by atoms with E-state index in [1.807, 2.05) is 13.8 Å². The van der Waals surface area contributed by atoms with Gasteiger partial charge in [0, 0.05) is 32.5 Å². The number of aromatic nitrogens is 2. The number of carbonyl (C=O) groups is 2. The lowest BCUT2D eigenvalue weighted by atomic mass is 9.91. The second-order valence-corrected chi connectivity index (χ2v) is 5.72. The van der Waals surface area contributed by atoms with Gasteiger partial charge in [-0.3, -0.25) is 4.79 Å². The number of nitrogens with zero attached hydrogens (tertiary/aromatic N) is 3. The smallest absolute Gasteiger partial charge is 0.317 e. The molecule has 8 nitrogen and oxygen atoms in total. The fourth-order valence-corrected chi connectivity index (χ4v) is 2.62. The van der Waals surface area contributed by atoms with E-state index < -0.39 is 11.9 Å². The molecule has 2 N–H and O–H groups in total. The zero-order valence-electron chi connectivity index (χ0n) is 12.9. The standard InChI is InChI=1S/C14H22N4O4/c1-3-12-16-11(17-22-12)4-5-15-14(21)18-7-9(2)6-10(8-18)13(19)20/h9-10H,3-8H2,1-2H3,(H,15,21)(H,19,20). The summed E-state index contributed by atoms with van der Waals surface area (Å²) in [5.74, 6) is -0.00459. The minimum absolute atomic E-state index is 0.185. The molecule has 2 amide bonds. The molecule has 8 heteroatoms. The van der Waals surface area contributed by atoms with Gasteiger partial charge in [0.05, 0.1) is 5.92 Å². The Kier molecular flexibility index (Phi) is 5.35. The second kappa shape index (κ2) is 7.24. The number of aryl methyl sites for hydroxylation is 1. The maximum Gasteiger partial charge on any atom is 0.317 e. The van der Waals surface area contributed by atoms with Crippen LogP contribution in [0.5, 0.6) is 0 Å². The number of likely N-dealkylation sites (tertiary alicyclic amines) is 1. The lowest BCUT2D eigenvalue weighted by Crippen LogP contribution is -2.49. The molecular formula is C14H22N4O4. The van der Waals surface area contributed by atoms with Crippen LogP contribution >= 0.6 is 0 Å². The number of carboxylic acids is 1. The Morgan fingerprint density at radius 2 is 2.23 bits per heavy atom. The number of piperidine rings is 1. The summed E-state index contributed by atoms with van der Waals surface area (Å²) in [4.78, 5) is 29.0. The Bertz CT molecular complexity index is 531. The zero-order valence-corrected chi connectivity index (χ0v) is 12.9. The number of urea groups is 1. The maximum atomic E-state index is 12.1. The maximum absolute atomic E-state index is 12.1. The number of amides is 2. The average Bonchev–Trinajstić information content (AvgIpc) is 2.94. The lowest BCUT2D eigenvalue weighted by molar-refractivity contribution is -0.143. The van der Waals surface area contributed by atoms with Gasteiger partial charge in [0.15, 0.2) is 5.82 Å². The molecule has 0 aromatic carbocycles. The number of aliphatic carboxylic acids is 1. The molecule has 1 fully saturated rings. The highest BCUT2D eigenvalue weighted by molar-refractivity contribution is 5.76.